The highest BCUT2D eigenvalue weighted by Gasteiger charge is 2.11. The first-order valence-electron chi connectivity index (χ1n) is 8.74. The molecule has 0 unspecified atom stereocenters. The van der Waals surface area contributed by atoms with E-state index in [4.69, 9.17) is 9.47 Å². The number of rotatable bonds is 12. The number of aliphatic imine (C=N–C) groups is 1. The molecule has 1 rings (SSSR count). The lowest BCUT2D eigenvalue weighted by atomic mass is 10.2. The molecule has 0 spiro atoms. The van der Waals surface area contributed by atoms with Crippen LogP contribution in [0.1, 0.15) is 31.7 Å². The fraction of sp³-hybridized carbons (Fsp3) is 0.611. The minimum absolute atomic E-state index is 0.105. The summed E-state index contributed by atoms with van der Waals surface area (Å²) >= 11 is 0. The van der Waals surface area contributed by atoms with Gasteiger partial charge in [-0.3, -0.25) is 4.99 Å². The van der Waals surface area contributed by atoms with E-state index in [0.29, 0.717) is 30.4 Å². The average molecular weight is 373 g/mol. The van der Waals surface area contributed by atoms with Gasteiger partial charge in [0.25, 0.3) is 0 Å². The van der Waals surface area contributed by atoms with Crippen molar-refractivity contribution in [3.63, 3.8) is 0 Å². The molecule has 0 aliphatic heterocycles. The van der Waals surface area contributed by atoms with E-state index in [1.807, 2.05) is 0 Å². The summed E-state index contributed by atoms with van der Waals surface area (Å²) in [6, 6.07) is 4.69. The van der Waals surface area contributed by atoms with E-state index in [9.17, 15) is 8.78 Å². The monoisotopic (exact) mass is 373 g/mol. The van der Waals surface area contributed by atoms with Gasteiger partial charge in [-0.15, -0.1) is 0 Å². The number of guanidine groups is 1. The van der Waals surface area contributed by atoms with E-state index in [0.717, 1.165) is 25.9 Å². The number of halogens is 2. The van der Waals surface area contributed by atoms with Gasteiger partial charge in [-0.05, 0) is 31.0 Å². The zero-order valence-corrected chi connectivity index (χ0v) is 15.7. The van der Waals surface area contributed by atoms with Gasteiger partial charge in [0.2, 0.25) is 0 Å². The Bertz CT molecular complexity index is 542. The molecule has 0 aromatic heterocycles. The number of ether oxygens (including phenoxy) is 3. The van der Waals surface area contributed by atoms with Gasteiger partial charge in [-0.25, -0.2) is 0 Å². The second kappa shape index (κ2) is 13.2. The molecule has 6 nitrogen and oxygen atoms in total. The van der Waals surface area contributed by atoms with Crippen LogP contribution in [0.25, 0.3) is 0 Å². The van der Waals surface area contributed by atoms with Crippen LogP contribution in [0.15, 0.2) is 23.2 Å². The van der Waals surface area contributed by atoms with E-state index < -0.39 is 6.61 Å². The first kappa shape index (κ1) is 22.0. The predicted octanol–water partition coefficient (Wildman–Crippen LogP) is 3.17. The third-order valence-corrected chi connectivity index (χ3v) is 3.55. The van der Waals surface area contributed by atoms with Gasteiger partial charge in [0.05, 0.1) is 7.11 Å². The molecule has 0 fully saturated rings. The van der Waals surface area contributed by atoms with Gasteiger partial charge in [0.1, 0.15) is 11.5 Å². The van der Waals surface area contributed by atoms with Gasteiger partial charge >= 0.3 is 6.61 Å². The quantitative estimate of drug-likeness (QED) is 0.335. The summed E-state index contributed by atoms with van der Waals surface area (Å²) in [4.78, 5) is 4.12. The highest BCUT2D eigenvalue weighted by Crippen LogP contribution is 2.25. The summed E-state index contributed by atoms with van der Waals surface area (Å²) in [5.74, 6) is 1.24. The maximum Gasteiger partial charge on any atom is 0.387 e. The molecule has 8 heteroatoms. The largest absolute Gasteiger partial charge is 0.497 e. The molecule has 1 aromatic carbocycles. The lowest BCUT2D eigenvalue weighted by Crippen LogP contribution is -2.37. The van der Waals surface area contributed by atoms with Crippen LogP contribution in [-0.2, 0) is 11.3 Å². The van der Waals surface area contributed by atoms with Crippen molar-refractivity contribution in [2.45, 2.75) is 39.3 Å². The van der Waals surface area contributed by atoms with Crippen LogP contribution in [0.5, 0.6) is 11.5 Å². The Morgan fingerprint density at radius 2 is 1.96 bits per heavy atom. The van der Waals surface area contributed by atoms with Crippen molar-refractivity contribution in [3.05, 3.63) is 23.8 Å². The normalized spacial score (nSPS) is 11.5. The van der Waals surface area contributed by atoms with Crippen molar-refractivity contribution < 1.29 is 23.0 Å². The molecule has 0 aliphatic rings. The summed E-state index contributed by atoms with van der Waals surface area (Å²) in [5.41, 5.74) is 0.551. The molecule has 0 heterocycles. The van der Waals surface area contributed by atoms with Gasteiger partial charge < -0.3 is 24.8 Å². The van der Waals surface area contributed by atoms with E-state index in [2.05, 4.69) is 27.3 Å². The molecular formula is C18H29F2N3O3. The SMILES string of the molecule is CCCCOCCCNC(=NC)NCc1cc(OC)ccc1OC(F)F. The summed E-state index contributed by atoms with van der Waals surface area (Å²) in [5, 5.41) is 6.24. The molecule has 2 N–H and O–H groups in total. The summed E-state index contributed by atoms with van der Waals surface area (Å²) in [7, 11) is 3.17. The molecule has 148 valence electrons. The molecule has 1 aromatic rings. The summed E-state index contributed by atoms with van der Waals surface area (Å²) < 4.78 is 40.3. The van der Waals surface area contributed by atoms with Crippen molar-refractivity contribution in [2.24, 2.45) is 4.99 Å². The van der Waals surface area contributed by atoms with Crippen molar-refractivity contribution in [2.75, 3.05) is 33.9 Å². The number of nitrogens with zero attached hydrogens (tertiary/aromatic N) is 1. The minimum atomic E-state index is -2.88. The standard InChI is InChI=1S/C18H29F2N3O3/c1-4-5-10-25-11-6-9-22-18(21-2)23-13-14-12-15(24-3)7-8-16(14)26-17(19)20/h7-8,12,17H,4-6,9-11,13H2,1-3H3,(H2,21,22,23). The third kappa shape index (κ3) is 8.84. The molecule has 26 heavy (non-hydrogen) atoms. The van der Waals surface area contributed by atoms with Crippen LogP contribution >= 0.6 is 0 Å². The fourth-order valence-corrected chi connectivity index (χ4v) is 2.16. The molecule has 0 bridgehead atoms. The Labute approximate surface area is 153 Å². The van der Waals surface area contributed by atoms with E-state index >= 15 is 0 Å². The van der Waals surface area contributed by atoms with Crippen molar-refractivity contribution in [3.8, 4) is 11.5 Å². The Kier molecular flexibility index (Phi) is 11.1. The smallest absolute Gasteiger partial charge is 0.387 e. The van der Waals surface area contributed by atoms with Crippen molar-refractivity contribution >= 4 is 5.96 Å². The lowest BCUT2D eigenvalue weighted by molar-refractivity contribution is -0.0504. The maximum absolute atomic E-state index is 12.5. The Hall–Kier alpha value is -2.09. The number of hydrogen-bond acceptors (Lipinski definition) is 4. The van der Waals surface area contributed by atoms with Crippen LogP contribution in [-0.4, -0.2) is 46.5 Å². The average Bonchev–Trinajstić information content (AvgIpc) is 2.64. The molecule has 0 saturated carbocycles. The highest BCUT2D eigenvalue weighted by atomic mass is 19.3. The molecule has 0 radical (unpaired) electrons. The van der Waals surface area contributed by atoms with Crippen molar-refractivity contribution in [1.82, 2.24) is 10.6 Å². The van der Waals surface area contributed by atoms with Gasteiger partial charge in [0.15, 0.2) is 5.96 Å². The zero-order valence-electron chi connectivity index (χ0n) is 15.7. The number of unbranched alkanes of at least 4 members (excludes halogenated alkanes) is 1. The minimum Gasteiger partial charge on any atom is -0.497 e. The van der Waals surface area contributed by atoms with Gasteiger partial charge in [-0.1, -0.05) is 13.3 Å². The van der Waals surface area contributed by atoms with Gasteiger partial charge in [0, 0.05) is 38.9 Å². The molecule has 0 amide bonds. The Balaban J connectivity index is 2.47. The molecule has 0 aliphatic carbocycles. The number of methoxy groups -OCH3 is 1. The number of hydrogen-bond donors (Lipinski definition) is 2. The van der Waals surface area contributed by atoms with Crippen LogP contribution in [0.2, 0.25) is 0 Å². The number of alkyl halides is 2. The summed E-state index contributed by atoms with van der Waals surface area (Å²) in [6.45, 7) is 1.68. The fourth-order valence-electron chi connectivity index (χ4n) is 2.16. The molecule has 0 saturated heterocycles. The number of benzene rings is 1. The second-order valence-electron chi connectivity index (χ2n) is 5.52. The molecular weight excluding hydrogens is 344 g/mol. The van der Waals surface area contributed by atoms with E-state index in [1.165, 1.54) is 13.2 Å². The zero-order chi connectivity index (χ0) is 19.2. The van der Waals surface area contributed by atoms with E-state index in [1.54, 1.807) is 19.2 Å². The predicted molar refractivity (Wildman–Crippen MR) is 98.2 cm³/mol. The van der Waals surface area contributed by atoms with E-state index in [-0.39, 0.29) is 12.3 Å². The summed E-state index contributed by atoms with van der Waals surface area (Å²) in [6.07, 6.45) is 3.04. The third-order valence-electron chi connectivity index (χ3n) is 3.55. The first-order valence-corrected chi connectivity index (χ1v) is 8.74. The maximum atomic E-state index is 12.5. The lowest BCUT2D eigenvalue weighted by Gasteiger charge is -2.15. The number of nitrogens with one attached hydrogen (secondary N) is 2. The van der Waals surface area contributed by atoms with Crippen molar-refractivity contribution in [1.29, 1.82) is 0 Å². The Morgan fingerprint density at radius 3 is 2.62 bits per heavy atom. The first-order chi connectivity index (χ1) is 12.6. The van der Waals surface area contributed by atoms with Crippen LogP contribution in [0, 0.1) is 0 Å². The molecule has 0 atom stereocenters. The highest BCUT2D eigenvalue weighted by molar-refractivity contribution is 5.79. The Morgan fingerprint density at radius 1 is 1.19 bits per heavy atom. The topological polar surface area (TPSA) is 64.1 Å². The van der Waals surface area contributed by atoms with Crippen LogP contribution in [0.3, 0.4) is 0 Å². The second-order valence-corrected chi connectivity index (χ2v) is 5.52. The van der Waals surface area contributed by atoms with Crippen LogP contribution < -0.4 is 20.1 Å². The van der Waals surface area contributed by atoms with Crippen LogP contribution in [0.4, 0.5) is 8.78 Å². The van der Waals surface area contributed by atoms with Gasteiger partial charge in [-0.2, -0.15) is 8.78 Å².